The van der Waals surface area contributed by atoms with Gasteiger partial charge in [0.15, 0.2) is 5.65 Å². The SMILES string of the molecule is CCC[C@@H](C)c1nnc(NC(=O)c2cnn3cc(CCO)cnc23)s1. The van der Waals surface area contributed by atoms with Crippen LogP contribution in [-0.4, -0.2) is 42.4 Å². The minimum atomic E-state index is -0.316. The van der Waals surface area contributed by atoms with Crippen molar-refractivity contribution in [2.45, 2.75) is 39.0 Å². The third-order valence-corrected chi connectivity index (χ3v) is 4.93. The van der Waals surface area contributed by atoms with Crippen LogP contribution >= 0.6 is 11.3 Å². The average Bonchev–Trinajstić information content (AvgIpc) is 3.22. The Morgan fingerprint density at radius 2 is 2.24 bits per heavy atom. The molecular weight excluding hydrogens is 340 g/mol. The average molecular weight is 360 g/mol. The summed E-state index contributed by atoms with van der Waals surface area (Å²) in [5.74, 6) is 0.0139. The Hall–Kier alpha value is -2.39. The standard InChI is InChI=1S/C16H20N6O2S/c1-3-4-10(2)15-20-21-16(25-15)19-14(24)12-8-18-22-9-11(5-6-23)7-17-13(12)22/h7-10,23H,3-6H2,1-2H3,(H,19,21,24)/t10-/m1/s1. The number of carbonyl (C=O) groups excluding carboxylic acids is 1. The van der Waals surface area contributed by atoms with Gasteiger partial charge in [-0.25, -0.2) is 9.50 Å². The Bertz CT molecular complexity index is 875. The van der Waals surface area contributed by atoms with Crippen LogP contribution in [0.1, 0.15) is 53.5 Å². The number of fused-ring (bicyclic) bond motifs is 1. The van der Waals surface area contributed by atoms with Crippen LogP contribution in [0.25, 0.3) is 5.65 Å². The number of hydrogen-bond donors (Lipinski definition) is 2. The minimum absolute atomic E-state index is 0.0393. The van der Waals surface area contributed by atoms with Crippen molar-refractivity contribution < 1.29 is 9.90 Å². The van der Waals surface area contributed by atoms with E-state index in [0.29, 0.717) is 28.7 Å². The zero-order chi connectivity index (χ0) is 17.8. The van der Waals surface area contributed by atoms with E-state index in [4.69, 9.17) is 5.11 Å². The summed E-state index contributed by atoms with van der Waals surface area (Å²) < 4.78 is 1.54. The van der Waals surface area contributed by atoms with Gasteiger partial charge in [-0.2, -0.15) is 5.10 Å². The predicted octanol–water partition coefficient (Wildman–Crippen LogP) is 2.27. The fraction of sp³-hybridized carbons (Fsp3) is 0.438. The summed E-state index contributed by atoms with van der Waals surface area (Å²) in [6, 6.07) is 0. The third-order valence-electron chi connectivity index (χ3n) is 3.86. The molecule has 0 aliphatic carbocycles. The lowest BCUT2D eigenvalue weighted by molar-refractivity contribution is 0.102. The summed E-state index contributed by atoms with van der Waals surface area (Å²) in [4.78, 5) is 16.8. The number of hydrogen-bond acceptors (Lipinski definition) is 7. The Balaban J connectivity index is 1.76. The quantitative estimate of drug-likeness (QED) is 0.669. The fourth-order valence-electron chi connectivity index (χ4n) is 2.54. The summed E-state index contributed by atoms with van der Waals surface area (Å²) in [6.07, 6.45) is 7.48. The van der Waals surface area contributed by atoms with Gasteiger partial charge in [-0.1, -0.05) is 31.6 Å². The number of rotatable bonds is 7. The Morgan fingerprint density at radius 3 is 3.00 bits per heavy atom. The van der Waals surface area contributed by atoms with Crippen LogP contribution in [0, 0.1) is 0 Å². The molecule has 1 amide bonds. The van der Waals surface area contributed by atoms with Gasteiger partial charge in [0, 0.05) is 24.9 Å². The second kappa shape index (κ2) is 7.66. The first-order valence-corrected chi connectivity index (χ1v) is 9.02. The largest absolute Gasteiger partial charge is 0.396 e. The van der Waals surface area contributed by atoms with Gasteiger partial charge in [-0.3, -0.25) is 10.1 Å². The van der Waals surface area contributed by atoms with Crippen LogP contribution in [0.5, 0.6) is 0 Å². The number of anilines is 1. The lowest BCUT2D eigenvalue weighted by atomic mass is 10.1. The van der Waals surface area contributed by atoms with E-state index < -0.39 is 0 Å². The van der Waals surface area contributed by atoms with Crippen molar-refractivity contribution in [2.75, 3.05) is 11.9 Å². The van der Waals surface area contributed by atoms with Crippen LogP contribution in [0.4, 0.5) is 5.13 Å². The molecule has 0 saturated heterocycles. The molecule has 0 bridgehead atoms. The smallest absolute Gasteiger partial charge is 0.262 e. The molecule has 0 aromatic carbocycles. The first kappa shape index (κ1) is 17.4. The van der Waals surface area contributed by atoms with Crippen molar-refractivity contribution in [1.82, 2.24) is 24.8 Å². The number of aliphatic hydroxyl groups is 1. The van der Waals surface area contributed by atoms with Gasteiger partial charge in [-0.15, -0.1) is 10.2 Å². The van der Waals surface area contributed by atoms with E-state index in [1.165, 1.54) is 22.0 Å². The molecule has 8 nitrogen and oxygen atoms in total. The molecule has 25 heavy (non-hydrogen) atoms. The maximum Gasteiger partial charge on any atom is 0.262 e. The second-order valence-electron chi connectivity index (χ2n) is 5.85. The number of aliphatic hydroxyl groups excluding tert-OH is 1. The van der Waals surface area contributed by atoms with Crippen LogP contribution in [0.2, 0.25) is 0 Å². The maximum atomic E-state index is 12.5. The van der Waals surface area contributed by atoms with E-state index in [-0.39, 0.29) is 12.5 Å². The molecule has 0 saturated carbocycles. The number of nitrogens with one attached hydrogen (secondary N) is 1. The van der Waals surface area contributed by atoms with E-state index in [0.717, 1.165) is 23.4 Å². The lowest BCUT2D eigenvalue weighted by Crippen LogP contribution is -2.12. The number of carbonyl (C=O) groups is 1. The Labute approximate surface area is 148 Å². The Kier molecular flexibility index (Phi) is 5.34. The molecule has 3 heterocycles. The molecule has 3 aromatic heterocycles. The molecule has 0 unspecified atom stereocenters. The van der Waals surface area contributed by atoms with Crippen LogP contribution in [-0.2, 0) is 6.42 Å². The lowest BCUT2D eigenvalue weighted by Gasteiger charge is -2.03. The van der Waals surface area contributed by atoms with Crippen molar-refractivity contribution in [2.24, 2.45) is 0 Å². The van der Waals surface area contributed by atoms with Crippen molar-refractivity contribution >= 4 is 28.0 Å². The summed E-state index contributed by atoms with van der Waals surface area (Å²) in [7, 11) is 0. The highest BCUT2D eigenvalue weighted by atomic mass is 32.1. The van der Waals surface area contributed by atoms with Gasteiger partial charge in [-0.05, 0) is 18.4 Å². The first-order chi connectivity index (χ1) is 12.1. The highest BCUT2D eigenvalue weighted by Gasteiger charge is 2.17. The molecule has 132 valence electrons. The third kappa shape index (κ3) is 3.83. The fourth-order valence-corrected chi connectivity index (χ4v) is 3.36. The molecule has 0 radical (unpaired) electrons. The van der Waals surface area contributed by atoms with Gasteiger partial charge in [0.1, 0.15) is 10.6 Å². The summed E-state index contributed by atoms with van der Waals surface area (Å²) in [6.45, 7) is 4.27. The Morgan fingerprint density at radius 1 is 1.40 bits per heavy atom. The zero-order valence-corrected chi connectivity index (χ0v) is 15.0. The number of amides is 1. The van der Waals surface area contributed by atoms with Crippen molar-refractivity contribution in [1.29, 1.82) is 0 Å². The van der Waals surface area contributed by atoms with Crippen molar-refractivity contribution in [3.05, 3.63) is 34.7 Å². The van der Waals surface area contributed by atoms with Gasteiger partial charge in [0.05, 0.1) is 6.20 Å². The second-order valence-corrected chi connectivity index (χ2v) is 6.86. The summed E-state index contributed by atoms with van der Waals surface area (Å²) in [5, 5.41) is 25.5. The first-order valence-electron chi connectivity index (χ1n) is 8.20. The van der Waals surface area contributed by atoms with E-state index in [1.807, 2.05) is 0 Å². The molecule has 9 heteroatoms. The molecular formula is C16H20N6O2S. The van der Waals surface area contributed by atoms with E-state index in [1.54, 1.807) is 12.4 Å². The number of nitrogens with zero attached hydrogens (tertiary/aromatic N) is 5. The van der Waals surface area contributed by atoms with E-state index in [9.17, 15) is 4.79 Å². The number of aromatic nitrogens is 5. The van der Waals surface area contributed by atoms with Gasteiger partial charge < -0.3 is 5.11 Å². The van der Waals surface area contributed by atoms with Crippen LogP contribution in [0.3, 0.4) is 0 Å². The molecule has 0 fully saturated rings. The summed E-state index contributed by atoms with van der Waals surface area (Å²) >= 11 is 1.39. The van der Waals surface area contributed by atoms with E-state index >= 15 is 0 Å². The van der Waals surface area contributed by atoms with E-state index in [2.05, 4.69) is 39.4 Å². The van der Waals surface area contributed by atoms with Crippen LogP contribution in [0.15, 0.2) is 18.6 Å². The van der Waals surface area contributed by atoms with Gasteiger partial charge in [0.25, 0.3) is 5.91 Å². The normalized spacial score (nSPS) is 12.4. The molecule has 0 aliphatic rings. The van der Waals surface area contributed by atoms with Gasteiger partial charge in [0.2, 0.25) is 5.13 Å². The predicted molar refractivity (Wildman–Crippen MR) is 95.0 cm³/mol. The highest BCUT2D eigenvalue weighted by molar-refractivity contribution is 7.15. The molecule has 3 aromatic rings. The summed E-state index contributed by atoms with van der Waals surface area (Å²) in [5.41, 5.74) is 1.68. The maximum absolute atomic E-state index is 12.5. The topological polar surface area (TPSA) is 105 Å². The molecule has 3 rings (SSSR count). The van der Waals surface area contributed by atoms with Crippen molar-refractivity contribution in [3.63, 3.8) is 0 Å². The molecule has 2 N–H and O–H groups in total. The molecule has 0 spiro atoms. The monoisotopic (exact) mass is 360 g/mol. The van der Waals surface area contributed by atoms with Crippen molar-refractivity contribution in [3.8, 4) is 0 Å². The minimum Gasteiger partial charge on any atom is -0.396 e. The molecule has 0 aliphatic heterocycles. The van der Waals surface area contributed by atoms with Gasteiger partial charge >= 0.3 is 0 Å². The zero-order valence-electron chi connectivity index (χ0n) is 14.1. The highest BCUT2D eigenvalue weighted by Crippen LogP contribution is 2.26. The molecule has 1 atom stereocenters. The van der Waals surface area contributed by atoms with Crippen LogP contribution < -0.4 is 5.32 Å².